The summed E-state index contributed by atoms with van der Waals surface area (Å²) >= 11 is 0. The lowest BCUT2D eigenvalue weighted by Gasteiger charge is -2.31. The lowest BCUT2D eigenvalue weighted by atomic mass is 10.0. The SMILES string of the molecule is C=C1C=Cc2cc(S(=O)(=O)Nc3ccon3)ccc2N1c1cc(F)c(C#CC2(C(F)(F)F)CC2)cc1OC. The highest BCUT2D eigenvalue weighted by molar-refractivity contribution is 7.92. The van der Waals surface area contributed by atoms with E-state index in [-0.39, 0.29) is 40.6 Å². The Morgan fingerprint density at radius 2 is 1.92 bits per heavy atom. The number of ether oxygens (including phenoxy) is 1. The Morgan fingerprint density at radius 3 is 2.55 bits per heavy atom. The maximum absolute atomic E-state index is 15.1. The van der Waals surface area contributed by atoms with E-state index in [4.69, 9.17) is 4.74 Å². The van der Waals surface area contributed by atoms with Crippen molar-refractivity contribution in [2.24, 2.45) is 5.41 Å². The standard InChI is InChI=1S/C26H19F4N3O4S/c1-16-3-4-18-13-19(38(34,35)32-24-8-12-37-31-24)5-6-21(18)33(16)22-15-20(27)17(14-23(22)36-2)7-9-25(10-11-25)26(28,29)30/h3-6,8,12-15H,1,10-11H2,2H3,(H,31,32). The molecule has 1 N–H and O–H groups in total. The molecule has 7 nitrogen and oxygen atoms in total. The van der Waals surface area contributed by atoms with Crippen LogP contribution in [0.4, 0.5) is 34.8 Å². The quantitative estimate of drug-likeness (QED) is 0.313. The molecule has 0 spiro atoms. The van der Waals surface area contributed by atoms with Crippen molar-refractivity contribution in [2.75, 3.05) is 16.7 Å². The van der Waals surface area contributed by atoms with E-state index < -0.39 is 27.4 Å². The second-order valence-corrected chi connectivity index (χ2v) is 10.4. The Balaban J connectivity index is 1.52. The third-order valence-corrected chi connectivity index (χ3v) is 7.56. The first kappa shape index (κ1) is 25.4. The normalized spacial score (nSPS) is 15.9. The van der Waals surface area contributed by atoms with Gasteiger partial charge in [-0.25, -0.2) is 12.8 Å². The van der Waals surface area contributed by atoms with Gasteiger partial charge in [-0.2, -0.15) is 13.2 Å². The molecule has 196 valence electrons. The van der Waals surface area contributed by atoms with Crippen LogP contribution in [0.15, 0.2) is 70.4 Å². The Bertz CT molecular complexity index is 1630. The molecule has 3 aromatic rings. The van der Waals surface area contributed by atoms with Crippen LogP contribution in [0.1, 0.15) is 24.0 Å². The zero-order valence-electron chi connectivity index (χ0n) is 19.8. The molecule has 12 heteroatoms. The van der Waals surface area contributed by atoms with Crippen molar-refractivity contribution < 1.29 is 35.2 Å². The van der Waals surface area contributed by atoms with Gasteiger partial charge in [0.05, 0.1) is 28.9 Å². The highest BCUT2D eigenvalue weighted by Gasteiger charge is 2.62. The van der Waals surface area contributed by atoms with Gasteiger partial charge in [-0.1, -0.05) is 29.7 Å². The van der Waals surface area contributed by atoms with E-state index >= 15 is 4.39 Å². The van der Waals surface area contributed by atoms with E-state index in [9.17, 15) is 21.6 Å². The van der Waals surface area contributed by atoms with Gasteiger partial charge in [-0.3, -0.25) is 4.72 Å². The first-order valence-corrected chi connectivity index (χ1v) is 12.6. The average molecular weight is 546 g/mol. The summed E-state index contributed by atoms with van der Waals surface area (Å²) in [6.45, 7) is 3.98. The van der Waals surface area contributed by atoms with Crippen molar-refractivity contribution in [3.63, 3.8) is 0 Å². The van der Waals surface area contributed by atoms with Crippen LogP contribution >= 0.6 is 0 Å². The number of nitrogens with one attached hydrogen (secondary N) is 1. The highest BCUT2D eigenvalue weighted by Crippen LogP contribution is 2.57. The number of sulfonamides is 1. The molecule has 0 saturated heterocycles. The van der Waals surface area contributed by atoms with Crippen LogP contribution < -0.4 is 14.4 Å². The molecule has 2 aromatic carbocycles. The Labute approximate surface area is 215 Å². The summed E-state index contributed by atoms with van der Waals surface area (Å²) in [5, 5.41) is 3.54. The van der Waals surface area contributed by atoms with Gasteiger partial charge in [0.2, 0.25) is 0 Å². The molecule has 1 aliphatic heterocycles. The number of aromatic nitrogens is 1. The highest BCUT2D eigenvalue weighted by atomic mass is 32.2. The molecule has 0 bridgehead atoms. The fraction of sp³-hybridized carbons (Fsp3) is 0.192. The third kappa shape index (κ3) is 4.50. The molecule has 0 amide bonds. The number of hydrogen-bond donors (Lipinski definition) is 1. The molecule has 2 heterocycles. The van der Waals surface area contributed by atoms with Crippen molar-refractivity contribution in [3.8, 4) is 17.6 Å². The summed E-state index contributed by atoms with van der Waals surface area (Å²) in [6.07, 6.45) is -0.251. The lowest BCUT2D eigenvalue weighted by molar-refractivity contribution is -0.168. The first-order valence-electron chi connectivity index (χ1n) is 11.2. The van der Waals surface area contributed by atoms with Gasteiger partial charge in [0, 0.05) is 23.9 Å². The molecule has 1 aromatic heterocycles. The van der Waals surface area contributed by atoms with Crippen LogP contribution in [0.25, 0.3) is 6.08 Å². The van der Waals surface area contributed by atoms with Gasteiger partial charge >= 0.3 is 6.18 Å². The van der Waals surface area contributed by atoms with Crippen LogP contribution in [0.5, 0.6) is 5.75 Å². The van der Waals surface area contributed by atoms with Crippen molar-refractivity contribution in [1.29, 1.82) is 0 Å². The van der Waals surface area contributed by atoms with E-state index in [0.717, 1.165) is 6.07 Å². The summed E-state index contributed by atoms with van der Waals surface area (Å²) < 4.78 is 92.8. The number of methoxy groups -OCH3 is 1. The smallest absolute Gasteiger partial charge is 0.405 e. The van der Waals surface area contributed by atoms with Crippen LogP contribution in [0, 0.1) is 23.1 Å². The van der Waals surface area contributed by atoms with Crippen LogP contribution in [0.2, 0.25) is 0 Å². The van der Waals surface area contributed by atoms with Crippen molar-refractivity contribution in [2.45, 2.75) is 23.9 Å². The van der Waals surface area contributed by atoms with E-state index in [2.05, 4.69) is 32.8 Å². The van der Waals surface area contributed by atoms with E-state index in [0.29, 0.717) is 16.9 Å². The number of benzene rings is 2. The summed E-state index contributed by atoms with van der Waals surface area (Å²) in [6, 6.07) is 7.98. The molecule has 0 unspecified atom stereocenters. The van der Waals surface area contributed by atoms with E-state index in [1.54, 1.807) is 17.1 Å². The average Bonchev–Trinajstić information content (AvgIpc) is 3.51. The maximum atomic E-state index is 15.1. The van der Waals surface area contributed by atoms with E-state index in [1.165, 1.54) is 43.7 Å². The first-order chi connectivity index (χ1) is 17.9. The predicted molar refractivity (Wildman–Crippen MR) is 132 cm³/mol. The number of anilines is 3. The second-order valence-electron chi connectivity index (χ2n) is 8.70. The number of halogens is 4. The van der Waals surface area contributed by atoms with Crippen molar-refractivity contribution >= 4 is 33.3 Å². The number of rotatable bonds is 5. The molecule has 1 saturated carbocycles. The second kappa shape index (κ2) is 8.95. The summed E-state index contributed by atoms with van der Waals surface area (Å²) in [4.78, 5) is 1.49. The number of allylic oxidation sites excluding steroid dienone is 1. The molecule has 1 fully saturated rings. The number of alkyl halides is 3. The summed E-state index contributed by atoms with van der Waals surface area (Å²) in [5.41, 5.74) is -0.758. The zero-order valence-corrected chi connectivity index (χ0v) is 20.6. The molecule has 2 aliphatic rings. The zero-order chi connectivity index (χ0) is 27.3. The fourth-order valence-electron chi connectivity index (χ4n) is 3.97. The van der Waals surface area contributed by atoms with Crippen molar-refractivity contribution in [1.82, 2.24) is 5.16 Å². The van der Waals surface area contributed by atoms with Gasteiger partial charge in [0.1, 0.15) is 23.2 Å². The Kier molecular flexibility index (Phi) is 5.99. The minimum Gasteiger partial charge on any atom is -0.495 e. The van der Waals surface area contributed by atoms with Gasteiger partial charge in [0.15, 0.2) is 5.82 Å². The van der Waals surface area contributed by atoms with Gasteiger partial charge in [-0.15, -0.1) is 0 Å². The molecule has 0 radical (unpaired) electrons. The summed E-state index contributed by atoms with van der Waals surface area (Å²) in [5.74, 6) is 3.84. The van der Waals surface area contributed by atoms with Crippen LogP contribution in [-0.4, -0.2) is 26.9 Å². The topological polar surface area (TPSA) is 84.7 Å². The molecular formula is C26H19F4N3O4S. The minimum atomic E-state index is -4.49. The molecule has 1 aliphatic carbocycles. The lowest BCUT2D eigenvalue weighted by Crippen LogP contribution is -2.22. The van der Waals surface area contributed by atoms with Crippen LogP contribution in [0.3, 0.4) is 0 Å². The van der Waals surface area contributed by atoms with Crippen LogP contribution in [-0.2, 0) is 10.0 Å². The predicted octanol–water partition coefficient (Wildman–Crippen LogP) is 6.00. The number of nitrogens with zero attached hydrogens (tertiary/aromatic N) is 2. The largest absolute Gasteiger partial charge is 0.495 e. The third-order valence-electron chi connectivity index (χ3n) is 6.21. The van der Waals surface area contributed by atoms with Gasteiger partial charge in [-0.05, 0) is 42.7 Å². The number of fused-ring (bicyclic) bond motifs is 1. The van der Waals surface area contributed by atoms with Gasteiger partial charge in [0.25, 0.3) is 10.0 Å². The maximum Gasteiger partial charge on any atom is 0.405 e. The van der Waals surface area contributed by atoms with E-state index in [1.807, 2.05) is 0 Å². The molecule has 0 atom stereocenters. The molecular weight excluding hydrogens is 526 g/mol. The van der Waals surface area contributed by atoms with Crippen molar-refractivity contribution in [3.05, 3.63) is 78.0 Å². The number of hydrogen-bond acceptors (Lipinski definition) is 6. The molecule has 5 rings (SSSR count). The molecule has 38 heavy (non-hydrogen) atoms. The Morgan fingerprint density at radius 1 is 1.16 bits per heavy atom. The monoisotopic (exact) mass is 545 g/mol. The minimum absolute atomic E-state index is 0.0134. The summed E-state index contributed by atoms with van der Waals surface area (Å²) in [7, 11) is -2.65. The fourth-order valence-corrected chi connectivity index (χ4v) is 4.99. The van der Waals surface area contributed by atoms with Gasteiger partial charge < -0.3 is 14.2 Å². The Hall–Kier alpha value is -4.24.